The van der Waals surface area contributed by atoms with E-state index in [0.717, 1.165) is 24.2 Å². The lowest BCUT2D eigenvalue weighted by molar-refractivity contribution is 0.680. The molecule has 1 unspecified atom stereocenters. The normalized spacial score (nSPS) is 12.3. The van der Waals surface area contributed by atoms with Crippen LogP contribution in [0.3, 0.4) is 0 Å². The van der Waals surface area contributed by atoms with Gasteiger partial charge in [0.1, 0.15) is 0 Å². The molecule has 0 aliphatic heterocycles. The van der Waals surface area contributed by atoms with Crippen molar-refractivity contribution in [3.8, 4) is 0 Å². The molecule has 0 aromatic heterocycles. The Morgan fingerprint density at radius 3 is 1.89 bits per heavy atom. The lowest BCUT2D eigenvalue weighted by Crippen LogP contribution is -1.97. The summed E-state index contributed by atoms with van der Waals surface area (Å²) in [7, 11) is 0. The zero-order valence-electron chi connectivity index (χ0n) is 10.8. The first-order valence-corrected chi connectivity index (χ1v) is 6.35. The molecule has 0 amide bonds. The van der Waals surface area contributed by atoms with Gasteiger partial charge < -0.3 is 11.5 Å². The molecule has 4 N–H and O–H groups in total. The Bertz CT molecular complexity index is 486. The maximum atomic E-state index is 5.69. The van der Waals surface area contributed by atoms with Crippen LogP contribution in [-0.4, -0.2) is 0 Å². The van der Waals surface area contributed by atoms with Gasteiger partial charge in [0.25, 0.3) is 0 Å². The second kappa shape index (κ2) is 5.58. The fourth-order valence-corrected chi connectivity index (χ4v) is 2.06. The van der Waals surface area contributed by atoms with Crippen LogP contribution in [0.25, 0.3) is 0 Å². The predicted octanol–water partition coefficient (Wildman–Crippen LogP) is 3.59. The lowest BCUT2D eigenvalue weighted by Gasteiger charge is -2.12. The average molecular weight is 240 g/mol. The quantitative estimate of drug-likeness (QED) is 0.802. The number of nitrogen functional groups attached to an aromatic ring is 2. The van der Waals surface area contributed by atoms with Crippen LogP contribution < -0.4 is 11.5 Å². The first kappa shape index (κ1) is 12.5. The highest BCUT2D eigenvalue weighted by Gasteiger charge is 2.05. The van der Waals surface area contributed by atoms with Crippen LogP contribution in [0.15, 0.2) is 48.5 Å². The molecule has 0 aliphatic carbocycles. The number of hydrogen-bond acceptors (Lipinski definition) is 2. The molecule has 0 fully saturated rings. The van der Waals surface area contributed by atoms with Crippen LogP contribution in [-0.2, 0) is 6.42 Å². The fourth-order valence-electron chi connectivity index (χ4n) is 2.06. The highest BCUT2D eigenvalue weighted by Crippen LogP contribution is 2.22. The number of aryl methyl sites for hydroxylation is 1. The summed E-state index contributed by atoms with van der Waals surface area (Å²) >= 11 is 0. The largest absolute Gasteiger partial charge is 0.399 e. The SMILES string of the molecule is CC(CCc1ccc(N)cc1)c1ccc(N)cc1. The third-order valence-electron chi connectivity index (χ3n) is 3.35. The topological polar surface area (TPSA) is 52.0 Å². The van der Waals surface area contributed by atoms with Crippen molar-refractivity contribution in [3.05, 3.63) is 59.7 Å². The van der Waals surface area contributed by atoms with Crippen molar-refractivity contribution in [2.24, 2.45) is 0 Å². The van der Waals surface area contributed by atoms with E-state index in [9.17, 15) is 0 Å². The van der Waals surface area contributed by atoms with Crippen molar-refractivity contribution in [2.75, 3.05) is 11.5 Å². The highest BCUT2D eigenvalue weighted by atomic mass is 14.5. The smallest absolute Gasteiger partial charge is 0.0314 e. The molecule has 0 aliphatic rings. The van der Waals surface area contributed by atoms with Crippen LogP contribution >= 0.6 is 0 Å². The molecule has 0 bridgehead atoms. The Hall–Kier alpha value is -1.96. The third kappa shape index (κ3) is 3.27. The van der Waals surface area contributed by atoms with E-state index in [1.807, 2.05) is 24.3 Å². The minimum absolute atomic E-state index is 0.545. The number of hydrogen-bond donors (Lipinski definition) is 2. The monoisotopic (exact) mass is 240 g/mol. The minimum atomic E-state index is 0.545. The molecular weight excluding hydrogens is 220 g/mol. The van der Waals surface area contributed by atoms with E-state index in [1.165, 1.54) is 11.1 Å². The molecule has 18 heavy (non-hydrogen) atoms. The van der Waals surface area contributed by atoms with E-state index < -0.39 is 0 Å². The van der Waals surface area contributed by atoms with Crippen LogP contribution in [0.1, 0.15) is 30.4 Å². The van der Waals surface area contributed by atoms with E-state index >= 15 is 0 Å². The van der Waals surface area contributed by atoms with Gasteiger partial charge in [0.2, 0.25) is 0 Å². The van der Waals surface area contributed by atoms with Crippen molar-refractivity contribution >= 4 is 11.4 Å². The van der Waals surface area contributed by atoms with Crippen LogP contribution in [0.4, 0.5) is 11.4 Å². The summed E-state index contributed by atoms with van der Waals surface area (Å²) in [6, 6.07) is 16.3. The van der Waals surface area contributed by atoms with E-state index in [0.29, 0.717) is 5.92 Å². The first-order chi connectivity index (χ1) is 8.65. The van der Waals surface area contributed by atoms with Crippen LogP contribution in [0.2, 0.25) is 0 Å². The fraction of sp³-hybridized carbons (Fsp3) is 0.250. The Morgan fingerprint density at radius 1 is 0.833 bits per heavy atom. The van der Waals surface area contributed by atoms with Gasteiger partial charge in [0, 0.05) is 11.4 Å². The second-order valence-corrected chi connectivity index (χ2v) is 4.85. The molecule has 2 rings (SSSR count). The van der Waals surface area contributed by atoms with Gasteiger partial charge >= 0.3 is 0 Å². The molecule has 0 spiro atoms. The number of rotatable bonds is 4. The molecule has 0 saturated heterocycles. The number of benzene rings is 2. The van der Waals surface area contributed by atoms with Crippen molar-refractivity contribution in [1.29, 1.82) is 0 Å². The van der Waals surface area contributed by atoms with Crippen molar-refractivity contribution < 1.29 is 0 Å². The Balaban J connectivity index is 1.93. The molecule has 2 heteroatoms. The number of anilines is 2. The Labute approximate surface area is 109 Å². The van der Waals surface area contributed by atoms with Gasteiger partial charge in [0.15, 0.2) is 0 Å². The summed E-state index contributed by atoms with van der Waals surface area (Å²) in [5, 5.41) is 0. The second-order valence-electron chi connectivity index (χ2n) is 4.85. The van der Waals surface area contributed by atoms with E-state index in [4.69, 9.17) is 11.5 Å². The van der Waals surface area contributed by atoms with E-state index in [-0.39, 0.29) is 0 Å². The van der Waals surface area contributed by atoms with Gasteiger partial charge in [-0.2, -0.15) is 0 Å². The summed E-state index contributed by atoms with van der Waals surface area (Å²) in [5.74, 6) is 0.545. The third-order valence-corrected chi connectivity index (χ3v) is 3.35. The van der Waals surface area contributed by atoms with Crippen molar-refractivity contribution in [3.63, 3.8) is 0 Å². The van der Waals surface area contributed by atoms with Crippen molar-refractivity contribution in [1.82, 2.24) is 0 Å². The molecule has 0 saturated carbocycles. The summed E-state index contributed by atoms with van der Waals surface area (Å²) in [5.41, 5.74) is 15.7. The zero-order chi connectivity index (χ0) is 13.0. The van der Waals surface area contributed by atoms with Crippen LogP contribution in [0.5, 0.6) is 0 Å². The standard InChI is InChI=1S/C16H20N2/c1-12(14-6-10-16(18)11-7-14)2-3-13-4-8-15(17)9-5-13/h4-12H,2-3,17-18H2,1H3. The van der Waals surface area contributed by atoms with Gasteiger partial charge in [0.05, 0.1) is 0 Å². The summed E-state index contributed by atoms with van der Waals surface area (Å²) in [4.78, 5) is 0. The lowest BCUT2D eigenvalue weighted by atomic mass is 9.94. The van der Waals surface area contributed by atoms with Gasteiger partial charge in [-0.1, -0.05) is 31.2 Å². The van der Waals surface area contributed by atoms with Crippen LogP contribution in [0, 0.1) is 0 Å². The maximum absolute atomic E-state index is 5.69. The first-order valence-electron chi connectivity index (χ1n) is 6.35. The summed E-state index contributed by atoms with van der Waals surface area (Å²) < 4.78 is 0. The summed E-state index contributed by atoms with van der Waals surface area (Å²) in [6.07, 6.45) is 2.21. The molecular formula is C16H20N2. The molecule has 2 aromatic carbocycles. The molecule has 1 atom stereocenters. The van der Waals surface area contributed by atoms with Gasteiger partial charge in [-0.25, -0.2) is 0 Å². The molecule has 0 radical (unpaired) electrons. The molecule has 2 nitrogen and oxygen atoms in total. The Morgan fingerprint density at radius 2 is 1.33 bits per heavy atom. The van der Waals surface area contributed by atoms with Gasteiger partial charge in [-0.15, -0.1) is 0 Å². The molecule has 0 heterocycles. The van der Waals surface area contributed by atoms with E-state index in [1.54, 1.807) is 0 Å². The average Bonchev–Trinajstić information content (AvgIpc) is 2.38. The maximum Gasteiger partial charge on any atom is 0.0314 e. The zero-order valence-corrected chi connectivity index (χ0v) is 10.8. The van der Waals surface area contributed by atoms with E-state index in [2.05, 4.69) is 31.2 Å². The predicted molar refractivity (Wildman–Crippen MR) is 78.4 cm³/mol. The summed E-state index contributed by atoms with van der Waals surface area (Å²) in [6.45, 7) is 2.25. The minimum Gasteiger partial charge on any atom is -0.399 e. The van der Waals surface area contributed by atoms with Crippen molar-refractivity contribution in [2.45, 2.75) is 25.7 Å². The number of nitrogens with two attached hydrogens (primary N) is 2. The van der Waals surface area contributed by atoms with Gasteiger partial charge in [-0.05, 0) is 54.2 Å². The Kier molecular flexibility index (Phi) is 3.88. The van der Waals surface area contributed by atoms with Gasteiger partial charge in [-0.3, -0.25) is 0 Å². The highest BCUT2D eigenvalue weighted by molar-refractivity contribution is 5.41. The molecule has 2 aromatic rings. The molecule has 94 valence electrons.